The fraction of sp³-hybridized carbons (Fsp3) is 0.250. The van der Waals surface area contributed by atoms with Crippen molar-refractivity contribution in [2.24, 2.45) is 0 Å². The molecule has 2 aromatic heterocycles. The molecule has 7 heteroatoms. The zero-order valence-electron chi connectivity index (χ0n) is 10.5. The number of carbonyl (C=O) groups is 1. The summed E-state index contributed by atoms with van der Waals surface area (Å²) in [5.41, 5.74) is 1.83. The summed E-state index contributed by atoms with van der Waals surface area (Å²) in [5, 5.41) is 4.83. The molecule has 0 unspecified atom stereocenters. The predicted molar refractivity (Wildman–Crippen MR) is 72.6 cm³/mol. The minimum absolute atomic E-state index is 0.0815. The SMILES string of the molecule is COC(=O)c1ccc(NCc2csc(=O)[nH]2)nc1C. The summed E-state index contributed by atoms with van der Waals surface area (Å²) in [6, 6.07) is 3.36. The van der Waals surface area contributed by atoms with Crippen LogP contribution >= 0.6 is 11.3 Å². The number of aromatic amines is 1. The molecule has 2 heterocycles. The van der Waals surface area contributed by atoms with Crippen LogP contribution in [0.15, 0.2) is 22.3 Å². The third-order valence-electron chi connectivity index (χ3n) is 2.52. The predicted octanol–water partition coefficient (Wildman–Crippen LogP) is 1.54. The van der Waals surface area contributed by atoms with E-state index in [-0.39, 0.29) is 4.87 Å². The first-order chi connectivity index (χ1) is 9.10. The van der Waals surface area contributed by atoms with Crippen LogP contribution in [0.2, 0.25) is 0 Å². The highest BCUT2D eigenvalue weighted by atomic mass is 32.1. The number of esters is 1. The molecule has 2 rings (SSSR count). The molecule has 0 saturated heterocycles. The molecule has 2 aromatic rings. The summed E-state index contributed by atoms with van der Waals surface area (Å²) in [5.74, 6) is 0.232. The highest BCUT2D eigenvalue weighted by Gasteiger charge is 2.10. The Kier molecular flexibility index (Phi) is 3.96. The monoisotopic (exact) mass is 279 g/mol. The number of thiazole rings is 1. The van der Waals surface area contributed by atoms with E-state index in [1.165, 1.54) is 7.11 Å². The van der Waals surface area contributed by atoms with E-state index in [2.05, 4.69) is 20.0 Å². The standard InChI is InChI=1S/C12H13N3O3S/c1-7-9(11(16)18-2)3-4-10(14-7)13-5-8-6-19-12(17)15-8/h3-4,6H,5H2,1-2H3,(H,13,14)(H,15,17). The number of H-pyrrole nitrogens is 1. The lowest BCUT2D eigenvalue weighted by atomic mass is 10.2. The van der Waals surface area contributed by atoms with Gasteiger partial charge in [0.25, 0.3) is 0 Å². The number of ether oxygens (including phenoxy) is 1. The molecule has 0 aromatic carbocycles. The molecule has 0 amide bonds. The average Bonchev–Trinajstić information content (AvgIpc) is 2.81. The van der Waals surface area contributed by atoms with Crippen LogP contribution in [-0.4, -0.2) is 23.0 Å². The van der Waals surface area contributed by atoms with Crippen LogP contribution in [0.25, 0.3) is 0 Å². The Bertz CT molecular complexity index is 648. The third kappa shape index (κ3) is 3.19. The second-order valence-corrected chi connectivity index (χ2v) is 4.69. The Morgan fingerprint density at radius 3 is 2.89 bits per heavy atom. The second-order valence-electron chi connectivity index (χ2n) is 3.85. The maximum Gasteiger partial charge on any atom is 0.339 e. The van der Waals surface area contributed by atoms with Crippen LogP contribution in [0.3, 0.4) is 0 Å². The van der Waals surface area contributed by atoms with Crippen molar-refractivity contribution in [1.82, 2.24) is 9.97 Å². The number of carbonyl (C=O) groups excluding carboxylic acids is 1. The van der Waals surface area contributed by atoms with Crippen LogP contribution < -0.4 is 10.2 Å². The van der Waals surface area contributed by atoms with Crippen molar-refractivity contribution >= 4 is 23.1 Å². The molecule has 100 valence electrons. The van der Waals surface area contributed by atoms with Gasteiger partial charge in [0.05, 0.1) is 24.9 Å². The highest BCUT2D eigenvalue weighted by Crippen LogP contribution is 2.12. The van der Waals surface area contributed by atoms with Gasteiger partial charge in [-0.05, 0) is 19.1 Å². The molecule has 0 aliphatic carbocycles. The third-order valence-corrected chi connectivity index (χ3v) is 3.24. The van der Waals surface area contributed by atoms with Gasteiger partial charge in [-0.2, -0.15) is 0 Å². The van der Waals surface area contributed by atoms with E-state index in [1.807, 2.05) is 0 Å². The lowest BCUT2D eigenvalue weighted by Crippen LogP contribution is -2.08. The zero-order valence-corrected chi connectivity index (χ0v) is 11.3. The number of hydrogen-bond donors (Lipinski definition) is 2. The van der Waals surface area contributed by atoms with Crippen molar-refractivity contribution in [3.05, 3.63) is 44.1 Å². The molecule has 0 fully saturated rings. The zero-order chi connectivity index (χ0) is 13.8. The fourth-order valence-corrected chi connectivity index (χ4v) is 2.15. The van der Waals surface area contributed by atoms with E-state index < -0.39 is 5.97 Å². The average molecular weight is 279 g/mol. The molecular formula is C12H13N3O3S. The quantitative estimate of drug-likeness (QED) is 0.829. The van der Waals surface area contributed by atoms with Crippen LogP contribution in [0, 0.1) is 6.92 Å². The molecule has 0 saturated carbocycles. The first kappa shape index (κ1) is 13.3. The number of aryl methyl sites for hydroxylation is 1. The molecule has 19 heavy (non-hydrogen) atoms. The Labute approximate surface area is 113 Å². The van der Waals surface area contributed by atoms with Gasteiger partial charge in [0, 0.05) is 11.1 Å². The van der Waals surface area contributed by atoms with Gasteiger partial charge in [-0.15, -0.1) is 0 Å². The summed E-state index contributed by atoms with van der Waals surface area (Å²) < 4.78 is 4.65. The van der Waals surface area contributed by atoms with Crippen LogP contribution in [0.5, 0.6) is 0 Å². The molecule has 0 aliphatic heterocycles. The minimum atomic E-state index is -0.404. The maximum atomic E-state index is 11.4. The van der Waals surface area contributed by atoms with Gasteiger partial charge in [0.15, 0.2) is 0 Å². The first-order valence-electron chi connectivity index (χ1n) is 5.56. The van der Waals surface area contributed by atoms with E-state index in [4.69, 9.17) is 0 Å². The van der Waals surface area contributed by atoms with Crippen LogP contribution in [0.4, 0.5) is 5.82 Å². The van der Waals surface area contributed by atoms with E-state index in [9.17, 15) is 9.59 Å². The summed E-state index contributed by atoms with van der Waals surface area (Å²) in [6.45, 7) is 2.21. The van der Waals surface area contributed by atoms with Gasteiger partial charge in [0.1, 0.15) is 5.82 Å². The number of anilines is 1. The largest absolute Gasteiger partial charge is 0.465 e. The molecule has 2 N–H and O–H groups in total. The Morgan fingerprint density at radius 2 is 2.32 bits per heavy atom. The highest BCUT2D eigenvalue weighted by molar-refractivity contribution is 7.07. The van der Waals surface area contributed by atoms with Crippen molar-refractivity contribution in [3.63, 3.8) is 0 Å². The summed E-state index contributed by atoms with van der Waals surface area (Å²) in [6.07, 6.45) is 0. The lowest BCUT2D eigenvalue weighted by Gasteiger charge is -2.07. The topological polar surface area (TPSA) is 84.1 Å². The number of methoxy groups -OCH3 is 1. The van der Waals surface area contributed by atoms with Gasteiger partial charge < -0.3 is 15.0 Å². The Balaban J connectivity index is 2.08. The van der Waals surface area contributed by atoms with Crippen molar-refractivity contribution < 1.29 is 9.53 Å². The molecular weight excluding hydrogens is 266 g/mol. The lowest BCUT2D eigenvalue weighted by molar-refractivity contribution is 0.0599. The normalized spacial score (nSPS) is 10.2. The van der Waals surface area contributed by atoms with Crippen molar-refractivity contribution in [3.8, 4) is 0 Å². The maximum absolute atomic E-state index is 11.4. The number of nitrogens with one attached hydrogen (secondary N) is 2. The summed E-state index contributed by atoms with van der Waals surface area (Å²) in [7, 11) is 1.33. The molecule has 0 bridgehead atoms. The van der Waals surface area contributed by atoms with Crippen molar-refractivity contribution in [1.29, 1.82) is 0 Å². The van der Waals surface area contributed by atoms with Gasteiger partial charge >= 0.3 is 10.8 Å². The number of nitrogens with zero attached hydrogens (tertiary/aromatic N) is 1. The van der Waals surface area contributed by atoms with E-state index >= 15 is 0 Å². The van der Waals surface area contributed by atoms with Gasteiger partial charge in [-0.1, -0.05) is 11.3 Å². The number of aromatic nitrogens is 2. The second kappa shape index (κ2) is 5.66. The Hall–Kier alpha value is -2.15. The Morgan fingerprint density at radius 1 is 1.53 bits per heavy atom. The van der Waals surface area contributed by atoms with Crippen molar-refractivity contribution in [2.75, 3.05) is 12.4 Å². The van der Waals surface area contributed by atoms with Crippen LogP contribution in [-0.2, 0) is 11.3 Å². The van der Waals surface area contributed by atoms with E-state index in [1.54, 1.807) is 24.4 Å². The van der Waals surface area contributed by atoms with E-state index in [0.29, 0.717) is 23.6 Å². The van der Waals surface area contributed by atoms with Crippen LogP contribution in [0.1, 0.15) is 21.7 Å². The molecule has 0 atom stereocenters. The summed E-state index contributed by atoms with van der Waals surface area (Å²) in [4.78, 5) is 29.3. The number of pyridine rings is 1. The number of hydrogen-bond acceptors (Lipinski definition) is 6. The fourth-order valence-electron chi connectivity index (χ4n) is 1.57. The minimum Gasteiger partial charge on any atom is -0.465 e. The summed E-state index contributed by atoms with van der Waals surface area (Å²) >= 11 is 1.12. The van der Waals surface area contributed by atoms with E-state index in [0.717, 1.165) is 17.0 Å². The molecule has 0 spiro atoms. The first-order valence-corrected chi connectivity index (χ1v) is 6.44. The van der Waals surface area contributed by atoms with Gasteiger partial charge in [0.2, 0.25) is 0 Å². The molecule has 6 nitrogen and oxygen atoms in total. The number of rotatable bonds is 4. The van der Waals surface area contributed by atoms with Crippen molar-refractivity contribution in [2.45, 2.75) is 13.5 Å². The van der Waals surface area contributed by atoms with Gasteiger partial charge in [-0.3, -0.25) is 4.79 Å². The van der Waals surface area contributed by atoms with Gasteiger partial charge in [-0.25, -0.2) is 9.78 Å². The molecule has 0 radical (unpaired) electrons. The molecule has 0 aliphatic rings. The smallest absolute Gasteiger partial charge is 0.339 e.